The van der Waals surface area contributed by atoms with Crippen molar-refractivity contribution in [3.8, 4) is 28.4 Å². The van der Waals surface area contributed by atoms with Crippen molar-refractivity contribution in [3.05, 3.63) is 96.3 Å². The van der Waals surface area contributed by atoms with Gasteiger partial charge < -0.3 is 28.4 Å². The van der Waals surface area contributed by atoms with E-state index in [0.717, 1.165) is 16.9 Å². The fourth-order valence-corrected chi connectivity index (χ4v) is 4.26. The zero-order chi connectivity index (χ0) is 29.5. The lowest BCUT2D eigenvalue weighted by atomic mass is 10.0. The van der Waals surface area contributed by atoms with E-state index in [-0.39, 0.29) is 0 Å². The van der Waals surface area contributed by atoms with Crippen molar-refractivity contribution in [2.45, 2.75) is 0 Å². The topological polar surface area (TPSA) is 93.0 Å². The molecule has 2 bridgehead atoms. The van der Waals surface area contributed by atoms with Crippen LogP contribution in [0.2, 0.25) is 0 Å². The van der Waals surface area contributed by atoms with E-state index in [9.17, 15) is 0 Å². The van der Waals surface area contributed by atoms with Gasteiger partial charge in [0.15, 0.2) is 0 Å². The number of nitrogens with zero attached hydrogens (tertiary/aromatic N) is 3. The van der Waals surface area contributed by atoms with E-state index in [4.69, 9.17) is 43.4 Å². The normalized spacial score (nSPS) is 15.2. The lowest BCUT2D eigenvalue weighted by Gasteiger charge is -2.11. The maximum atomic E-state index is 5.96. The number of para-hydroxylation sites is 4. The van der Waals surface area contributed by atoms with Gasteiger partial charge in [-0.15, -0.1) is 0 Å². The first kappa shape index (κ1) is 29.9. The highest BCUT2D eigenvalue weighted by molar-refractivity contribution is 5.88. The molecule has 1 aromatic heterocycles. The molecular weight excluding hydrogens is 546 g/mol. The third kappa shape index (κ3) is 9.21. The van der Waals surface area contributed by atoms with E-state index in [2.05, 4.69) is 0 Å². The summed E-state index contributed by atoms with van der Waals surface area (Å²) in [7, 11) is 1.65. The fraction of sp³-hybridized carbons (Fsp3) is 0.265. The van der Waals surface area contributed by atoms with Gasteiger partial charge in [0.2, 0.25) is 0 Å². The molecule has 9 heteroatoms. The van der Waals surface area contributed by atoms with Crippen LogP contribution in [0.15, 0.2) is 94.9 Å². The summed E-state index contributed by atoms with van der Waals surface area (Å²) in [6.07, 6.45) is 3.46. The highest BCUT2D eigenvalue weighted by Gasteiger charge is 2.07. The van der Waals surface area contributed by atoms with Gasteiger partial charge in [-0.2, -0.15) is 0 Å². The number of methoxy groups -OCH3 is 1. The summed E-state index contributed by atoms with van der Waals surface area (Å²) >= 11 is 0. The van der Waals surface area contributed by atoms with Gasteiger partial charge in [-0.1, -0.05) is 36.4 Å². The molecule has 0 atom stereocenters. The zero-order valence-electron chi connectivity index (χ0n) is 24.2. The number of benzene rings is 3. The van der Waals surface area contributed by atoms with Crippen LogP contribution in [0.3, 0.4) is 0 Å². The Kier molecular flexibility index (Phi) is 11.2. The molecule has 0 unspecified atom stereocenters. The summed E-state index contributed by atoms with van der Waals surface area (Å²) in [5.74, 6) is 2.11. The summed E-state index contributed by atoms with van der Waals surface area (Å²) < 4.78 is 34.1. The maximum absolute atomic E-state index is 5.96. The van der Waals surface area contributed by atoms with Gasteiger partial charge >= 0.3 is 0 Å². The van der Waals surface area contributed by atoms with Crippen LogP contribution in [0.4, 0.5) is 11.4 Å². The monoisotopic (exact) mass is 581 g/mol. The zero-order valence-corrected chi connectivity index (χ0v) is 24.2. The maximum Gasteiger partial charge on any atom is 0.145 e. The number of hydrogen-bond donors (Lipinski definition) is 0. The van der Waals surface area contributed by atoms with Crippen molar-refractivity contribution in [3.63, 3.8) is 0 Å². The largest absolute Gasteiger partial charge is 0.497 e. The van der Waals surface area contributed by atoms with Crippen LogP contribution in [0.5, 0.6) is 17.2 Å². The Bertz CT molecular complexity index is 1420. The SMILES string of the molecule is COc1ccc(-c2cc3nc(c2)C=Nc2ccccc2OCCOCCOCCOCCOc2ccccc2N=C3)cc1. The fourth-order valence-electron chi connectivity index (χ4n) is 4.26. The van der Waals surface area contributed by atoms with Crippen LogP contribution in [-0.2, 0) is 14.2 Å². The van der Waals surface area contributed by atoms with Crippen molar-refractivity contribution in [2.75, 3.05) is 60.0 Å². The molecule has 0 saturated carbocycles. The van der Waals surface area contributed by atoms with Crippen LogP contribution < -0.4 is 14.2 Å². The lowest BCUT2D eigenvalue weighted by molar-refractivity contribution is 0.00504. The molecule has 0 fully saturated rings. The second-order valence-electron chi connectivity index (χ2n) is 9.42. The molecule has 9 nitrogen and oxygen atoms in total. The van der Waals surface area contributed by atoms with E-state index in [1.807, 2.05) is 84.9 Å². The minimum absolute atomic E-state index is 0.392. The van der Waals surface area contributed by atoms with E-state index < -0.39 is 0 Å². The Morgan fingerprint density at radius 3 is 1.49 bits per heavy atom. The molecule has 4 aromatic rings. The van der Waals surface area contributed by atoms with Crippen molar-refractivity contribution >= 4 is 23.8 Å². The van der Waals surface area contributed by atoms with Crippen LogP contribution in [0.25, 0.3) is 11.1 Å². The number of aromatic nitrogens is 1. The minimum Gasteiger partial charge on any atom is -0.497 e. The van der Waals surface area contributed by atoms with E-state index >= 15 is 0 Å². The van der Waals surface area contributed by atoms with Crippen LogP contribution >= 0.6 is 0 Å². The van der Waals surface area contributed by atoms with Crippen molar-refractivity contribution in [1.82, 2.24) is 4.98 Å². The molecule has 5 rings (SSSR count). The molecule has 1 aliphatic rings. The predicted octanol–water partition coefficient (Wildman–Crippen LogP) is 6.08. The highest BCUT2D eigenvalue weighted by atomic mass is 16.6. The molecule has 43 heavy (non-hydrogen) atoms. The predicted molar refractivity (Wildman–Crippen MR) is 167 cm³/mol. The molecular formula is C34H35N3O6. The second-order valence-corrected chi connectivity index (χ2v) is 9.42. The first-order chi connectivity index (χ1) is 21.3. The number of ether oxygens (including phenoxy) is 6. The average Bonchev–Trinajstić information content (AvgIpc) is 3.05. The van der Waals surface area contributed by atoms with Gasteiger partial charge in [-0.3, -0.25) is 9.98 Å². The number of aliphatic imine (C=N–C) groups is 2. The Balaban J connectivity index is 1.46. The first-order valence-corrected chi connectivity index (χ1v) is 14.2. The minimum atomic E-state index is 0.392. The average molecular weight is 582 g/mol. The molecule has 0 aliphatic carbocycles. The quantitative estimate of drug-likeness (QED) is 0.283. The van der Waals surface area contributed by atoms with Crippen molar-refractivity contribution in [2.24, 2.45) is 9.98 Å². The van der Waals surface area contributed by atoms with Gasteiger partial charge in [0, 0.05) is 0 Å². The molecule has 2 heterocycles. The van der Waals surface area contributed by atoms with Gasteiger partial charge in [-0.25, -0.2) is 4.98 Å². The second kappa shape index (κ2) is 16.2. The van der Waals surface area contributed by atoms with E-state index in [0.29, 0.717) is 87.1 Å². The highest BCUT2D eigenvalue weighted by Crippen LogP contribution is 2.29. The van der Waals surface area contributed by atoms with E-state index in [1.54, 1.807) is 19.5 Å². The molecule has 0 radical (unpaired) electrons. The Morgan fingerprint density at radius 2 is 1.00 bits per heavy atom. The third-order valence-corrected chi connectivity index (χ3v) is 6.41. The molecule has 0 spiro atoms. The lowest BCUT2D eigenvalue weighted by Crippen LogP contribution is -2.14. The molecule has 0 N–H and O–H groups in total. The van der Waals surface area contributed by atoms with Crippen molar-refractivity contribution in [1.29, 1.82) is 0 Å². The van der Waals surface area contributed by atoms with Crippen molar-refractivity contribution < 1.29 is 28.4 Å². The summed E-state index contributed by atoms with van der Waals surface area (Å²) in [5, 5.41) is 0. The Morgan fingerprint density at radius 1 is 0.535 bits per heavy atom. The Labute approximate surface area is 251 Å². The third-order valence-electron chi connectivity index (χ3n) is 6.41. The van der Waals surface area contributed by atoms with Crippen LogP contribution in [-0.4, -0.2) is 77.4 Å². The molecule has 1 aliphatic heterocycles. The molecule has 222 valence electrons. The summed E-state index contributed by atoms with van der Waals surface area (Å²) in [5.41, 5.74) is 4.71. The number of pyridine rings is 1. The molecule has 0 amide bonds. The van der Waals surface area contributed by atoms with Gasteiger partial charge in [0.05, 0.1) is 70.6 Å². The summed E-state index contributed by atoms with van der Waals surface area (Å²) in [6.45, 7) is 3.57. The van der Waals surface area contributed by atoms with Gasteiger partial charge in [0.25, 0.3) is 0 Å². The first-order valence-electron chi connectivity index (χ1n) is 14.2. The Hall–Kier alpha value is -4.57. The number of hydrogen-bond acceptors (Lipinski definition) is 9. The number of fused-ring (bicyclic) bond motifs is 4. The van der Waals surface area contributed by atoms with Gasteiger partial charge in [0.1, 0.15) is 41.8 Å². The smallest absolute Gasteiger partial charge is 0.145 e. The number of rotatable bonds is 2. The summed E-state index contributed by atoms with van der Waals surface area (Å²) in [6, 6.07) is 27.1. The van der Waals surface area contributed by atoms with Crippen LogP contribution in [0.1, 0.15) is 11.4 Å². The van der Waals surface area contributed by atoms with E-state index in [1.165, 1.54) is 0 Å². The standard InChI is InChI=1S/C34H35N3O6/c1-38-30-12-10-26(11-13-30)27-22-28-24-35-31-6-2-4-8-33(31)42-20-18-40-16-14-39-15-17-41-19-21-43-34-9-5-3-7-32(34)36-25-29(23-27)37-28/h2-13,22-25H,14-21H2,1H3. The molecule has 0 saturated heterocycles. The summed E-state index contributed by atoms with van der Waals surface area (Å²) in [4.78, 5) is 14.3. The van der Waals surface area contributed by atoms with Crippen LogP contribution in [0, 0.1) is 0 Å². The van der Waals surface area contributed by atoms with Gasteiger partial charge in [-0.05, 0) is 59.7 Å². The molecule has 3 aromatic carbocycles.